The molecule has 1 heterocycles. The van der Waals surface area contributed by atoms with Crippen LogP contribution in [0, 0.1) is 0 Å². The topological polar surface area (TPSA) is 65.6 Å². The Bertz CT molecular complexity index is 581. The third-order valence-corrected chi connectivity index (χ3v) is 6.24. The first-order valence-corrected chi connectivity index (χ1v) is 14.3. The molecule has 0 atom stereocenters. The molecular weight excluding hydrogens is 490 g/mol. The normalized spacial score (nSPS) is 13.0. The first-order valence-electron chi connectivity index (χ1n) is 12.3. The zero-order valence-corrected chi connectivity index (χ0v) is 25.6. The molecule has 1 aliphatic heterocycles. The Morgan fingerprint density at radius 2 is 1.59 bits per heavy atom. The number of rotatable bonds is 17. The van der Waals surface area contributed by atoms with Crippen LogP contribution in [0.3, 0.4) is 0 Å². The van der Waals surface area contributed by atoms with E-state index in [0.29, 0.717) is 31.8 Å². The summed E-state index contributed by atoms with van der Waals surface area (Å²) in [6, 6.07) is 0. The van der Waals surface area contributed by atoms with Gasteiger partial charge >= 0.3 is 114 Å². The fraction of sp³-hybridized carbons (Fsp3) is 0.760. The maximum Gasteiger partial charge on any atom is 0.160 e. The van der Waals surface area contributed by atoms with Gasteiger partial charge in [0.25, 0.3) is 0 Å². The van der Waals surface area contributed by atoms with Gasteiger partial charge in [0.1, 0.15) is 5.78 Å². The molecule has 0 aromatic rings. The molecule has 1 rings (SSSR count). The molecule has 0 aliphatic carbocycles. The standard InChI is InChI=1S/C11H20N2O2.C11H22N2O.C2H6.CH3O.Ga/c1-3-10(14)7-12(4-2)5-6-13-8-11(15)9-13;1-10(2)8-12(4)6-7-13(5)9-11(3)14;2*1-2;/h3-9H2,1-2H3;14H,1,3,6-9H2,2,4-5H3;1-2H3;1H3;/q;;;-1;+2/p-1. The summed E-state index contributed by atoms with van der Waals surface area (Å²) >= 11 is -1.00. The summed E-state index contributed by atoms with van der Waals surface area (Å²) in [7, 11) is 5.84. The molecule has 0 unspecified atom stereocenters. The number of likely N-dealkylation sites (tertiary alicyclic amines) is 1. The monoisotopic (exact) mass is 539 g/mol. The number of carbonyl (C=O) groups excluding carboxylic acids is 2. The second-order valence-corrected chi connectivity index (χ2v) is 10.3. The molecule has 197 valence electrons. The van der Waals surface area contributed by atoms with Crippen molar-refractivity contribution >= 4 is 29.7 Å². The van der Waals surface area contributed by atoms with Crippen molar-refractivity contribution in [3.8, 4) is 0 Å². The molecule has 34 heavy (non-hydrogen) atoms. The molecule has 1 radical (unpaired) electrons. The zero-order chi connectivity index (χ0) is 26.5. The minimum absolute atomic E-state index is 0.288. The Kier molecular flexibility index (Phi) is 23.3. The van der Waals surface area contributed by atoms with E-state index < -0.39 is 18.1 Å². The minimum atomic E-state index is -1.00. The van der Waals surface area contributed by atoms with Crippen molar-refractivity contribution in [2.75, 3.05) is 86.7 Å². The average molecular weight is 540 g/mol. The molecule has 0 bridgehead atoms. The maximum absolute atomic E-state index is 11.3. The Labute approximate surface area is 217 Å². The van der Waals surface area contributed by atoms with Crippen molar-refractivity contribution < 1.29 is 16.6 Å². The third kappa shape index (κ3) is 20.4. The van der Waals surface area contributed by atoms with E-state index >= 15 is 0 Å². The summed E-state index contributed by atoms with van der Waals surface area (Å²) in [4.78, 5) is 30.7. The molecule has 0 aromatic carbocycles. The van der Waals surface area contributed by atoms with Gasteiger partial charge in [-0.3, -0.25) is 19.4 Å². The molecule has 1 fully saturated rings. The quantitative estimate of drug-likeness (QED) is 0.158. The van der Waals surface area contributed by atoms with Crippen molar-refractivity contribution in [2.45, 2.75) is 41.0 Å². The summed E-state index contributed by atoms with van der Waals surface area (Å²) in [6.45, 7) is 25.9. The van der Waals surface area contributed by atoms with Crippen molar-refractivity contribution in [1.29, 1.82) is 0 Å². The number of carbonyl (C=O) groups is 2. The summed E-state index contributed by atoms with van der Waals surface area (Å²) in [5.41, 5.74) is 1.19. The first kappa shape index (κ1) is 35.2. The van der Waals surface area contributed by atoms with E-state index in [1.54, 1.807) is 7.11 Å². The number of Topliss-reactive ketones (excluding diaryl/α,β-unsaturated/α-hetero) is 2. The Balaban J connectivity index is 0. The second kappa shape index (κ2) is 22.5. The van der Waals surface area contributed by atoms with Gasteiger partial charge in [-0.1, -0.05) is 27.7 Å². The van der Waals surface area contributed by atoms with Gasteiger partial charge < -0.3 is 0 Å². The molecule has 0 aromatic heterocycles. The summed E-state index contributed by atoms with van der Waals surface area (Å²) in [6.07, 6.45) is 0.610. The largest absolute Gasteiger partial charge is 0.298 e. The Morgan fingerprint density at radius 1 is 1.03 bits per heavy atom. The van der Waals surface area contributed by atoms with Crippen molar-refractivity contribution in [1.82, 2.24) is 19.6 Å². The van der Waals surface area contributed by atoms with E-state index in [4.69, 9.17) is 7.06 Å². The molecular formula is C25H50GaN4O4. The van der Waals surface area contributed by atoms with Crippen LogP contribution >= 0.6 is 0 Å². The van der Waals surface area contributed by atoms with Crippen LogP contribution in [0.25, 0.3) is 0 Å². The average Bonchev–Trinajstić information content (AvgIpc) is 2.78. The van der Waals surface area contributed by atoms with E-state index in [-0.39, 0.29) is 5.78 Å². The predicted octanol–water partition coefficient (Wildman–Crippen LogP) is 2.34. The first-order chi connectivity index (χ1) is 16.1. The van der Waals surface area contributed by atoms with Crippen LogP contribution in [0.5, 0.6) is 0 Å². The molecule has 8 nitrogen and oxygen atoms in total. The van der Waals surface area contributed by atoms with E-state index in [9.17, 15) is 9.59 Å². The second-order valence-electron chi connectivity index (χ2n) is 8.43. The van der Waals surface area contributed by atoms with Crippen molar-refractivity contribution in [3.05, 3.63) is 24.5 Å². The smallest absolute Gasteiger partial charge is 0.160 e. The minimum Gasteiger partial charge on any atom is -0.298 e. The summed E-state index contributed by atoms with van der Waals surface area (Å²) in [5, 5.41) is 0. The van der Waals surface area contributed by atoms with Crippen LogP contribution in [-0.2, 0) is 16.6 Å². The fourth-order valence-corrected chi connectivity index (χ4v) is 3.66. The summed E-state index contributed by atoms with van der Waals surface area (Å²) < 4.78 is 10.4. The molecule has 0 N–H and O–H groups in total. The molecule has 1 saturated heterocycles. The SMILES string of the molecule is C=C(C)CN(C)CCN(C)CC(=C)[O][Ga][O]C.CC.CCC(=O)CN(CC)CCN1CC(=O)C1. The molecule has 0 saturated carbocycles. The number of hydrogen-bond donors (Lipinski definition) is 0. The molecule has 0 spiro atoms. The van der Waals surface area contributed by atoms with Crippen LogP contribution in [0.15, 0.2) is 24.5 Å². The Hall–Kier alpha value is -0.944. The van der Waals surface area contributed by atoms with Gasteiger partial charge in [0.15, 0.2) is 5.78 Å². The zero-order valence-electron chi connectivity index (χ0n) is 23.2. The van der Waals surface area contributed by atoms with Crippen LogP contribution in [0.1, 0.15) is 41.0 Å². The number of ketones is 2. The van der Waals surface area contributed by atoms with Crippen molar-refractivity contribution in [2.24, 2.45) is 0 Å². The summed E-state index contributed by atoms with van der Waals surface area (Å²) in [5.74, 6) is 1.41. The fourth-order valence-electron chi connectivity index (χ4n) is 3.02. The molecule has 1 aliphatic rings. The van der Waals surface area contributed by atoms with E-state index in [0.717, 1.165) is 51.6 Å². The van der Waals surface area contributed by atoms with Gasteiger partial charge in [0, 0.05) is 19.5 Å². The van der Waals surface area contributed by atoms with Crippen LogP contribution in [-0.4, -0.2) is 136 Å². The van der Waals surface area contributed by atoms with Gasteiger partial charge in [0.05, 0.1) is 19.6 Å². The van der Waals surface area contributed by atoms with Crippen LogP contribution < -0.4 is 0 Å². The third-order valence-electron chi connectivity index (χ3n) is 4.93. The van der Waals surface area contributed by atoms with Gasteiger partial charge in [-0.05, 0) is 6.54 Å². The van der Waals surface area contributed by atoms with E-state index in [1.165, 1.54) is 5.57 Å². The Morgan fingerprint density at radius 3 is 2.03 bits per heavy atom. The van der Waals surface area contributed by atoms with E-state index in [2.05, 4.69) is 53.8 Å². The predicted molar refractivity (Wildman–Crippen MR) is 143 cm³/mol. The van der Waals surface area contributed by atoms with Gasteiger partial charge in [-0.25, -0.2) is 0 Å². The van der Waals surface area contributed by atoms with E-state index in [1.807, 2.05) is 27.7 Å². The van der Waals surface area contributed by atoms with Crippen LogP contribution in [0.2, 0.25) is 0 Å². The molecule has 9 heteroatoms. The molecule has 0 amide bonds. The van der Waals surface area contributed by atoms with Crippen LogP contribution in [0.4, 0.5) is 0 Å². The van der Waals surface area contributed by atoms with Gasteiger partial charge in [0.2, 0.25) is 0 Å². The maximum atomic E-state index is 11.3. The van der Waals surface area contributed by atoms with Gasteiger partial charge in [-0.2, -0.15) is 0 Å². The van der Waals surface area contributed by atoms with Gasteiger partial charge in [-0.15, -0.1) is 0 Å². The number of likely N-dealkylation sites (N-methyl/N-ethyl adjacent to an activating group) is 3. The number of hydrogen-bond acceptors (Lipinski definition) is 8. The number of nitrogens with zero attached hydrogens (tertiary/aromatic N) is 4. The van der Waals surface area contributed by atoms with Crippen molar-refractivity contribution in [3.63, 3.8) is 0 Å².